The molecule has 1 rings (SSSR count). The molecule has 2 unspecified atom stereocenters. The van der Waals surface area contributed by atoms with Crippen LogP contribution >= 0.6 is 0 Å². The van der Waals surface area contributed by atoms with Gasteiger partial charge in [0.1, 0.15) is 6.17 Å². The average molecular weight is 212 g/mol. The van der Waals surface area contributed by atoms with Crippen LogP contribution in [0.4, 0.5) is 4.39 Å². The fourth-order valence-corrected chi connectivity index (χ4v) is 2.55. The van der Waals surface area contributed by atoms with Gasteiger partial charge in [-0.25, -0.2) is 9.11 Å². The highest BCUT2D eigenvalue weighted by Gasteiger charge is 2.38. The zero-order valence-electron chi connectivity index (χ0n) is 7.27. The summed E-state index contributed by atoms with van der Waals surface area (Å²) in [6.45, 7) is -0.518. The molecular formula is C6H13FN2O3S. The third kappa shape index (κ3) is 2.16. The minimum Gasteiger partial charge on any atom is -0.395 e. The van der Waals surface area contributed by atoms with Gasteiger partial charge in [-0.1, -0.05) is 0 Å². The third-order valence-corrected chi connectivity index (χ3v) is 3.67. The highest BCUT2D eigenvalue weighted by atomic mass is 32.2. The normalized spacial score (nSPS) is 31.0. The molecule has 13 heavy (non-hydrogen) atoms. The lowest BCUT2D eigenvalue weighted by atomic mass is 10.2. The summed E-state index contributed by atoms with van der Waals surface area (Å²) in [7, 11) is -2.35. The molecule has 1 saturated heterocycles. The molecule has 1 heterocycles. The molecule has 7 heteroatoms. The molecule has 0 aromatic carbocycles. The number of rotatable bonds is 3. The number of aliphatic hydroxyl groups is 1. The molecule has 1 aliphatic heterocycles. The molecule has 0 spiro atoms. The van der Waals surface area contributed by atoms with Crippen LogP contribution < -0.4 is 4.72 Å². The van der Waals surface area contributed by atoms with Gasteiger partial charge in [-0.2, -0.15) is 12.7 Å². The molecule has 0 aromatic heterocycles. The quantitative estimate of drug-likeness (QED) is 0.621. The van der Waals surface area contributed by atoms with Gasteiger partial charge in [0, 0.05) is 13.6 Å². The van der Waals surface area contributed by atoms with E-state index in [4.69, 9.17) is 5.11 Å². The van der Waals surface area contributed by atoms with Gasteiger partial charge >= 0.3 is 0 Å². The van der Waals surface area contributed by atoms with Crippen LogP contribution in [0.25, 0.3) is 0 Å². The Hall–Kier alpha value is -0.240. The molecule has 0 saturated carbocycles. The first-order valence-electron chi connectivity index (χ1n) is 3.96. The maximum atomic E-state index is 12.8. The van der Waals surface area contributed by atoms with Gasteiger partial charge in [0.2, 0.25) is 0 Å². The van der Waals surface area contributed by atoms with Crippen LogP contribution in [0.5, 0.6) is 0 Å². The van der Waals surface area contributed by atoms with Crippen molar-refractivity contribution in [2.24, 2.45) is 0 Å². The SMILES string of the molecule is CNS(=O)(=O)N1CC(F)CC1CO. The summed E-state index contributed by atoms with van der Waals surface area (Å²) in [6, 6.07) is -0.632. The number of nitrogens with one attached hydrogen (secondary N) is 1. The van der Waals surface area contributed by atoms with Crippen LogP contribution in [-0.4, -0.2) is 50.2 Å². The highest BCUT2D eigenvalue weighted by molar-refractivity contribution is 7.87. The lowest BCUT2D eigenvalue weighted by molar-refractivity contribution is 0.212. The van der Waals surface area contributed by atoms with E-state index in [0.29, 0.717) is 0 Å². The van der Waals surface area contributed by atoms with E-state index in [1.807, 2.05) is 0 Å². The molecule has 1 aliphatic rings. The first-order valence-corrected chi connectivity index (χ1v) is 5.40. The van der Waals surface area contributed by atoms with Crippen molar-refractivity contribution in [1.29, 1.82) is 0 Å². The largest absolute Gasteiger partial charge is 0.395 e. The Labute approximate surface area is 76.7 Å². The third-order valence-electron chi connectivity index (χ3n) is 2.09. The van der Waals surface area contributed by atoms with Crippen LogP contribution in [0.15, 0.2) is 0 Å². The van der Waals surface area contributed by atoms with Gasteiger partial charge in [0.25, 0.3) is 10.2 Å². The molecule has 2 atom stereocenters. The first kappa shape index (κ1) is 10.8. The summed E-state index contributed by atoms with van der Waals surface area (Å²) < 4.78 is 38.4. The van der Waals surface area contributed by atoms with E-state index in [1.54, 1.807) is 0 Å². The number of aliphatic hydroxyl groups excluding tert-OH is 1. The molecule has 0 aromatic rings. The molecule has 5 nitrogen and oxygen atoms in total. The molecule has 0 radical (unpaired) electrons. The van der Waals surface area contributed by atoms with E-state index in [2.05, 4.69) is 4.72 Å². The number of nitrogens with zero attached hydrogens (tertiary/aromatic N) is 1. The predicted octanol–water partition coefficient (Wildman–Crippen LogP) is -1.14. The Morgan fingerprint density at radius 1 is 1.69 bits per heavy atom. The smallest absolute Gasteiger partial charge is 0.279 e. The lowest BCUT2D eigenvalue weighted by Crippen LogP contribution is -2.43. The van der Waals surface area contributed by atoms with Gasteiger partial charge in [-0.3, -0.25) is 0 Å². The zero-order valence-corrected chi connectivity index (χ0v) is 8.09. The fraction of sp³-hybridized carbons (Fsp3) is 1.00. The second-order valence-electron chi connectivity index (χ2n) is 2.95. The molecule has 2 N–H and O–H groups in total. The van der Waals surface area contributed by atoms with E-state index in [9.17, 15) is 12.8 Å². The number of hydrogen-bond acceptors (Lipinski definition) is 3. The minimum absolute atomic E-state index is 0.0669. The highest BCUT2D eigenvalue weighted by Crippen LogP contribution is 2.22. The van der Waals surface area contributed by atoms with Crippen molar-refractivity contribution >= 4 is 10.2 Å². The summed E-state index contributed by atoms with van der Waals surface area (Å²) in [6.07, 6.45) is -1.11. The predicted molar refractivity (Wildman–Crippen MR) is 45.1 cm³/mol. The van der Waals surface area contributed by atoms with E-state index in [-0.39, 0.29) is 19.6 Å². The van der Waals surface area contributed by atoms with Gasteiger partial charge in [0.15, 0.2) is 0 Å². The minimum atomic E-state index is -3.61. The van der Waals surface area contributed by atoms with Crippen LogP contribution in [0, 0.1) is 0 Å². The Morgan fingerprint density at radius 3 is 2.77 bits per heavy atom. The molecule has 78 valence electrons. The Morgan fingerprint density at radius 2 is 2.31 bits per heavy atom. The summed E-state index contributed by atoms with van der Waals surface area (Å²) in [5, 5.41) is 8.81. The Kier molecular flexibility index (Phi) is 3.23. The second-order valence-corrected chi connectivity index (χ2v) is 4.78. The molecule has 1 fully saturated rings. The molecule has 0 amide bonds. The first-order chi connectivity index (χ1) is 6.01. The van der Waals surface area contributed by atoms with Crippen LogP contribution in [0.3, 0.4) is 0 Å². The van der Waals surface area contributed by atoms with Crippen molar-refractivity contribution in [2.45, 2.75) is 18.6 Å². The van der Waals surface area contributed by atoms with E-state index in [0.717, 1.165) is 4.31 Å². The van der Waals surface area contributed by atoms with Gasteiger partial charge in [-0.05, 0) is 6.42 Å². The molecular weight excluding hydrogens is 199 g/mol. The van der Waals surface area contributed by atoms with Gasteiger partial charge in [0.05, 0.1) is 12.6 Å². The van der Waals surface area contributed by atoms with E-state index >= 15 is 0 Å². The van der Waals surface area contributed by atoms with Crippen LogP contribution in [0.1, 0.15) is 6.42 Å². The zero-order chi connectivity index (χ0) is 10.1. The van der Waals surface area contributed by atoms with Gasteiger partial charge < -0.3 is 5.11 Å². The average Bonchev–Trinajstić information content (AvgIpc) is 2.47. The van der Waals surface area contributed by atoms with Crippen molar-refractivity contribution in [2.75, 3.05) is 20.2 Å². The fourth-order valence-electron chi connectivity index (χ4n) is 1.41. The number of alkyl halides is 1. The van der Waals surface area contributed by atoms with Crippen LogP contribution in [-0.2, 0) is 10.2 Å². The van der Waals surface area contributed by atoms with E-state index in [1.165, 1.54) is 7.05 Å². The van der Waals surface area contributed by atoms with Crippen molar-refractivity contribution in [3.05, 3.63) is 0 Å². The number of halogens is 1. The van der Waals surface area contributed by atoms with Crippen molar-refractivity contribution < 1.29 is 17.9 Å². The lowest BCUT2D eigenvalue weighted by Gasteiger charge is -2.20. The molecule has 0 bridgehead atoms. The Bertz CT molecular complexity index is 269. The summed E-state index contributed by atoms with van der Waals surface area (Å²) >= 11 is 0. The van der Waals surface area contributed by atoms with Crippen molar-refractivity contribution in [1.82, 2.24) is 9.03 Å². The molecule has 0 aliphatic carbocycles. The second kappa shape index (κ2) is 3.87. The van der Waals surface area contributed by atoms with Gasteiger partial charge in [-0.15, -0.1) is 0 Å². The number of hydrogen-bond donors (Lipinski definition) is 2. The topological polar surface area (TPSA) is 69.6 Å². The van der Waals surface area contributed by atoms with Crippen molar-refractivity contribution in [3.63, 3.8) is 0 Å². The standard InChI is InChI=1S/C6H13FN2O3S/c1-8-13(11,12)9-3-5(7)2-6(9)4-10/h5-6,8,10H,2-4H2,1H3. The van der Waals surface area contributed by atoms with Crippen LogP contribution in [0.2, 0.25) is 0 Å². The monoisotopic (exact) mass is 212 g/mol. The summed E-state index contributed by atoms with van der Waals surface area (Å²) in [4.78, 5) is 0. The summed E-state index contributed by atoms with van der Waals surface area (Å²) in [5.41, 5.74) is 0. The van der Waals surface area contributed by atoms with Crippen molar-refractivity contribution in [3.8, 4) is 0 Å². The summed E-state index contributed by atoms with van der Waals surface area (Å²) in [5.74, 6) is 0. The maximum Gasteiger partial charge on any atom is 0.279 e. The Balaban J connectivity index is 2.80. The maximum absolute atomic E-state index is 12.8. The van der Waals surface area contributed by atoms with E-state index < -0.39 is 22.4 Å².